The summed E-state index contributed by atoms with van der Waals surface area (Å²) < 4.78 is 6.64. The number of halogens is 1. The van der Waals surface area contributed by atoms with Crippen molar-refractivity contribution < 1.29 is 9.53 Å². The van der Waals surface area contributed by atoms with Crippen molar-refractivity contribution in [3.05, 3.63) is 63.5 Å². The average molecular weight is 511 g/mol. The molecule has 0 radical (unpaired) electrons. The van der Waals surface area contributed by atoms with Gasteiger partial charge in [0, 0.05) is 21.8 Å². The van der Waals surface area contributed by atoms with Gasteiger partial charge < -0.3 is 15.0 Å². The van der Waals surface area contributed by atoms with E-state index in [-0.39, 0.29) is 24.1 Å². The number of anilines is 1. The summed E-state index contributed by atoms with van der Waals surface area (Å²) in [7, 11) is 0. The van der Waals surface area contributed by atoms with Gasteiger partial charge in [-0.05, 0) is 55.2 Å². The van der Waals surface area contributed by atoms with Crippen LogP contribution in [-0.4, -0.2) is 29.0 Å². The molecule has 4 rings (SSSR count). The van der Waals surface area contributed by atoms with Crippen molar-refractivity contribution in [2.45, 2.75) is 44.1 Å². The van der Waals surface area contributed by atoms with E-state index in [1.807, 2.05) is 54.6 Å². The van der Waals surface area contributed by atoms with Crippen LogP contribution in [0.25, 0.3) is 6.08 Å². The van der Waals surface area contributed by atoms with Gasteiger partial charge in [0.05, 0.1) is 4.91 Å². The molecule has 1 heterocycles. The number of benzene rings is 2. The van der Waals surface area contributed by atoms with E-state index in [0.29, 0.717) is 16.6 Å². The van der Waals surface area contributed by atoms with Crippen molar-refractivity contribution in [2.24, 2.45) is 5.92 Å². The zero-order chi connectivity index (χ0) is 22.5. The maximum absolute atomic E-state index is 13.7. The van der Waals surface area contributed by atoms with Crippen molar-refractivity contribution in [3.63, 3.8) is 0 Å². The van der Waals surface area contributed by atoms with Crippen molar-refractivity contribution in [1.29, 1.82) is 0 Å². The Morgan fingerprint density at radius 1 is 1.25 bits per heavy atom. The fourth-order valence-electron chi connectivity index (χ4n) is 4.39. The molecule has 32 heavy (non-hydrogen) atoms. The van der Waals surface area contributed by atoms with Gasteiger partial charge in [-0.3, -0.25) is 4.79 Å². The quantitative estimate of drug-likeness (QED) is 0.363. The molecule has 2 aromatic carbocycles. The highest BCUT2D eigenvalue weighted by atomic mass is 79.9. The molecule has 1 amide bonds. The Balaban J connectivity index is 1.67. The van der Waals surface area contributed by atoms with E-state index in [0.717, 1.165) is 35.0 Å². The van der Waals surface area contributed by atoms with Crippen molar-refractivity contribution in [2.75, 3.05) is 11.9 Å². The predicted molar refractivity (Wildman–Crippen MR) is 136 cm³/mol. The molecule has 3 atom stereocenters. The molecule has 1 N–H and O–H groups in total. The third-order valence-electron chi connectivity index (χ3n) is 5.99. The molecule has 2 aromatic rings. The summed E-state index contributed by atoms with van der Waals surface area (Å²) in [5, 5.41) is 3.58. The topological polar surface area (TPSA) is 41.6 Å². The van der Waals surface area contributed by atoms with Gasteiger partial charge >= 0.3 is 0 Å². The standard InChI is InChI=1S/C26H27BrN2O2S/c1-3-15-31-23-14-13-20(27)16-19(23)17-24-25(30)29(22-12-8-7-9-18(22)2)26(32-24)28-21-10-5-4-6-11-21/h1,4-6,10-11,13-14,16-18,22,26,28H,7-9,12,15H2,2H3/b24-17-/t18-,22+,26?/m0/s1. The van der Waals surface area contributed by atoms with Gasteiger partial charge in [0.15, 0.2) is 5.50 Å². The number of carbonyl (C=O) groups excluding carboxylic acids is 1. The maximum atomic E-state index is 13.7. The zero-order valence-electron chi connectivity index (χ0n) is 18.1. The first-order valence-electron chi connectivity index (χ1n) is 10.9. The van der Waals surface area contributed by atoms with Crippen molar-refractivity contribution >= 4 is 45.4 Å². The van der Waals surface area contributed by atoms with Gasteiger partial charge in [0.2, 0.25) is 0 Å². The lowest BCUT2D eigenvalue weighted by molar-refractivity contribution is -0.129. The van der Waals surface area contributed by atoms with Crippen LogP contribution in [0.4, 0.5) is 5.69 Å². The van der Waals surface area contributed by atoms with Crippen LogP contribution in [0.1, 0.15) is 38.2 Å². The van der Waals surface area contributed by atoms with Crippen LogP contribution in [0.5, 0.6) is 5.75 Å². The number of thioether (sulfide) groups is 1. The Morgan fingerprint density at radius 2 is 2.03 bits per heavy atom. The lowest BCUT2D eigenvalue weighted by Crippen LogP contribution is -2.48. The summed E-state index contributed by atoms with van der Waals surface area (Å²) in [5.41, 5.74) is 1.69. The number of hydrogen-bond donors (Lipinski definition) is 1. The number of ether oxygens (including phenoxy) is 1. The second kappa shape index (κ2) is 10.5. The molecular weight excluding hydrogens is 484 g/mol. The molecule has 1 aliphatic heterocycles. The van der Waals surface area contributed by atoms with E-state index in [1.165, 1.54) is 6.42 Å². The first-order valence-corrected chi connectivity index (χ1v) is 12.6. The third-order valence-corrected chi connectivity index (χ3v) is 7.60. The Bertz CT molecular complexity index is 1030. The summed E-state index contributed by atoms with van der Waals surface area (Å²) >= 11 is 5.09. The van der Waals surface area contributed by atoms with Gasteiger partial charge in [0.25, 0.3) is 5.91 Å². The largest absolute Gasteiger partial charge is 0.480 e. The monoisotopic (exact) mass is 510 g/mol. The molecule has 2 fully saturated rings. The number of amides is 1. The second-order valence-corrected chi connectivity index (χ2v) is 10.2. The van der Waals surface area contributed by atoms with E-state index in [4.69, 9.17) is 11.2 Å². The van der Waals surface area contributed by atoms with Crippen molar-refractivity contribution in [1.82, 2.24) is 4.90 Å². The van der Waals surface area contributed by atoms with Crippen LogP contribution in [-0.2, 0) is 4.79 Å². The highest BCUT2D eigenvalue weighted by Gasteiger charge is 2.43. The van der Waals surface area contributed by atoms with Crippen molar-refractivity contribution in [3.8, 4) is 18.1 Å². The lowest BCUT2D eigenvalue weighted by Gasteiger charge is -2.39. The predicted octanol–water partition coefficient (Wildman–Crippen LogP) is 6.35. The third kappa shape index (κ3) is 5.16. The van der Waals surface area contributed by atoms with E-state index >= 15 is 0 Å². The van der Waals surface area contributed by atoms with Crippen LogP contribution < -0.4 is 10.1 Å². The minimum atomic E-state index is -0.149. The molecule has 0 spiro atoms. The van der Waals surface area contributed by atoms with Gasteiger partial charge in [-0.2, -0.15) is 0 Å². The fraction of sp³-hybridized carbons (Fsp3) is 0.346. The lowest BCUT2D eigenvalue weighted by atomic mass is 9.85. The van der Waals surface area contributed by atoms with Gasteiger partial charge in [-0.1, -0.05) is 71.6 Å². The normalized spacial score (nSPS) is 24.4. The molecular formula is C26H27BrN2O2S. The number of nitrogens with zero attached hydrogens (tertiary/aromatic N) is 1. The van der Waals surface area contributed by atoms with Crippen LogP contribution in [0.15, 0.2) is 57.9 Å². The molecule has 0 aromatic heterocycles. The summed E-state index contributed by atoms with van der Waals surface area (Å²) in [5.74, 6) is 3.73. The number of hydrogen-bond acceptors (Lipinski definition) is 4. The highest BCUT2D eigenvalue weighted by molar-refractivity contribution is 9.10. The van der Waals surface area contributed by atoms with Crippen LogP contribution in [0.3, 0.4) is 0 Å². The minimum absolute atomic E-state index is 0.0741. The summed E-state index contributed by atoms with van der Waals surface area (Å²) in [6, 6.07) is 16.1. The minimum Gasteiger partial charge on any atom is -0.480 e. The zero-order valence-corrected chi connectivity index (χ0v) is 20.5. The Morgan fingerprint density at radius 3 is 2.78 bits per heavy atom. The molecule has 1 aliphatic carbocycles. The SMILES string of the molecule is C#CCOc1ccc(Br)cc1/C=C1\SC(Nc2ccccc2)N([C@@H]2CCCC[C@@H]2C)C1=O. The number of para-hydroxylation sites is 1. The Labute approximate surface area is 202 Å². The molecule has 6 heteroatoms. The van der Waals surface area contributed by atoms with Crippen LogP contribution >= 0.6 is 27.7 Å². The summed E-state index contributed by atoms with van der Waals surface area (Å²) in [4.78, 5) is 16.4. The summed E-state index contributed by atoms with van der Waals surface area (Å²) in [6.45, 7) is 2.45. The van der Waals surface area contributed by atoms with Gasteiger partial charge in [0.1, 0.15) is 12.4 Å². The fourth-order valence-corrected chi connectivity index (χ4v) is 5.97. The van der Waals surface area contributed by atoms with E-state index in [1.54, 1.807) is 11.8 Å². The number of rotatable bonds is 6. The van der Waals surface area contributed by atoms with Gasteiger partial charge in [-0.25, -0.2) is 0 Å². The molecule has 2 aliphatic rings. The Hall–Kier alpha value is -2.36. The maximum Gasteiger partial charge on any atom is 0.262 e. The molecule has 1 unspecified atom stereocenters. The van der Waals surface area contributed by atoms with E-state index in [2.05, 4.69) is 39.0 Å². The molecule has 4 nitrogen and oxygen atoms in total. The van der Waals surface area contributed by atoms with Crippen LogP contribution in [0.2, 0.25) is 0 Å². The number of terminal acetylenes is 1. The van der Waals surface area contributed by atoms with E-state index < -0.39 is 0 Å². The van der Waals surface area contributed by atoms with Crippen LogP contribution in [0, 0.1) is 18.3 Å². The first-order chi connectivity index (χ1) is 15.6. The molecule has 0 bridgehead atoms. The summed E-state index contributed by atoms with van der Waals surface area (Å²) in [6.07, 6.45) is 11.9. The molecule has 166 valence electrons. The Kier molecular flexibility index (Phi) is 7.49. The molecule has 1 saturated carbocycles. The average Bonchev–Trinajstić information content (AvgIpc) is 3.09. The number of nitrogens with one attached hydrogen (secondary N) is 1. The smallest absolute Gasteiger partial charge is 0.262 e. The highest BCUT2D eigenvalue weighted by Crippen LogP contribution is 2.43. The van der Waals surface area contributed by atoms with Gasteiger partial charge in [-0.15, -0.1) is 6.42 Å². The first kappa shape index (κ1) is 22.8. The second-order valence-electron chi connectivity index (χ2n) is 8.21. The molecule has 1 saturated heterocycles. The number of carbonyl (C=O) groups is 1. The van der Waals surface area contributed by atoms with E-state index in [9.17, 15) is 4.79 Å².